The predicted molar refractivity (Wildman–Crippen MR) is 125 cm³/mol. The van der Waals surface area contributed by atoms with E-state index in [1.807, 2.05) is 24.3 Å². The van der Waals surface area contributed by atoms with Crippen LogP contribution in [0.15, 0.2) is 24.3 Å². The summed E-state index contributed by atoms with van der Waals surface area (Å²) in [5.74, 6) is 0.397. The largest absolute Gasteiger partial charge is 0.481 e. The van der Waals surface area contributed by atoms with Crippen molar-refractivity contribution in [1.29, 1.82) is 5.41 Å². The standard InChI is InChI=1S/C19H28N2O.C3H6O2.C3H6O/c1-3-19(2)10-8-15(9-11-19)13-17(22)12-14-4-6-16(7-5-14)18(20)21;1-2-3(4)5;1-3(2)4/h4-7,15H,3,8-13H2,1-2H3,(H3,20,21);2H2,1H3,(H,4,5);1-2H3. The predicted octanol–water partition coefficient (Wildman–Crippen LogP) is 5.16. The number of ketones is 2. The van der Waals surface area contributed by atoms with E-state index < -0.39 is 5.97 Å². The number of nitrogen functional groups attached to an aromatic ring is 1. The van der Waals surface area contributed by atoms with Gasteiger partial charge in [-0.3, -0.25) is 15.0 Å². The second-order valence-corrected chi connectivity index (χ2v) is 8.79. The molecule has 4 N–H and O–H groups in total. The molecule has 31 heavy (non-hydrogen) atoms. The number of amidine groups is 1. The maximum Gasteiger partial charge on any atom is 0.303 e. The molecule has 174 valence electrons. The van der Waals surface area contributed by atoms with Crippen LogP contribution in [0.1, 0.15) is 90.7 Å². The van der Waals surface area contributed by atoms with Crippen molar-refractivity contribution in [3.63, 3.8) is 0 Å². The summed E-state index contributed by atoms with van der Waals surface area (Å²) in [4.78, 5) is 31.1. The number of nitrogens with one attached hydrogen (secondary N) is 1. The van der Waals surface area contributed by atoms with Crippen molar-refractivity contribution < 1.29 is 19.5 Å². The van der Waals surface area contributed by atoms with Crippen LogP contribution in [-0.4, -0.2) is 28.5 Å². The first-order valence-electron chi connectivity index (χ1n) is 11.1. The smallest absolute Gasteiger partial charge is 0.303 e. The van der Waals surface area contributed by atoms with Crippen molar-refractivity contribution >= 4 is 23.4 Å². The molecule has 1 aromatic rings. The Morgan fingerprint density at radius 2 is 1.55 bits per heavy atom. The van der Waals surface area contributed by atoms with Crippen molar-refractivity contribution in [2.45, 2.75) is 86.0 Å². The van der Waals surface area contributed by atoms with Gasteiger partial charge in [0.25, 0.3) is 0 Å². The molecule has 6 heteroatoms. The van der Waals surface area contributed by atoms with E-state index in [-0.39, 0.29) is 18.0 Å². The quantitative estimate of drug-likeness (QED) is 0.406. The number of carbonyl (C=O) groups is 3. The molecule has 2 rings (SSSR count). The van der Waals surface area contributed by atoms with Gasteiger partial charge < -0.3 is 15.6 Å². The van der Waals surface area contributed by atoms with E-state index in [0.29, 0.717) is 35.5 Å². The Kier molecular flexibility index (Phi) is 13.3. The van der Waals surface area contributed by atoms with Gasteiger partial charge in [0.1, 0.15) is 17.4 Å². The molecule has 0 spiro atoms. The van der Waals surface area contributed by atoms with Gasteiger partial charge in [-0.05, 0) is 56.4 Å². The van der Waals surface area contributed by atoms with Crippen LogP contribution in [-0.2, 0) is 20.8 Å². The molecule has 1 aromatic carbocycles. The zero-order chi connectivity index (χ0) is 24.0. The van der Waals surface area contributed by atoms with E-state index in [4.69, 9.17) is 16.2 Å². The molecule has 0 heterocycles. The fourth-order valence-corrected chi connectivity index (χ4v) is 3.36. The maximum atomic E-state index is 12.3. The van der Waals surface area contributed by atoms with Crippen LogP contribution in [0.2, 0.25) is 0 Å². The van der Waals surface area contributed by atoms with E-state index in [1.54, 1.807) is 6.92 Å². The first-order valence-corrected chi connectivity index (χ1v) is 11.1. The Bertz CT molecular complexity index is 714. The van der Waals surface area contributed by atoms with Crippen LogP contribution in [0.4, 0.5) is 0 Å². The molecule has 6 nitrogen and oxygen atoms in total. The molecule has 0 atom stereocenters. The summed E-state index contributed by atoms with van der Waals surface area (Å²) in [6.45, 7) is 9.31. The lowest BCUT2D eigenvalue weighted by Gasteiger charge is -2.36. The lowest BCUT2D eigenvalue weighted by Crippen LogP contribution is -2.25. The van der Waals surface area contributed by atoms with Gasteiger partial charge in [-0.15, -0.1) is 0 Å². The molecule has 1 aliphatic carbocycles. The van der Waals surface area contributed by atoms with Crippen molar-refractivity contribution in [3.8, 4) is 0 Å². The van der Waals surface area contributed by atoms with Crippen molar-refractivity contribution in [3.05, 3.63) is 35.4 Å². The zero-order valence-electron chi connectivity index (χ0n) is 19.8. The minimum atomic E-state index is -0.745. The topological polar surface area (TPSA) is 121 Å². The van der Waals surface area contributed by atoms with Gasteiger partial charge in [0.05, 0.1) is 0 Å². The summed E-state index contributed by atoms with van der Waals surface area (Å²) >= 11 is 0. The van der Waals surface area contributed by atoms with E-state index in [2.05, 4.69) is 13.8 Å². The van der Waals surface area contributed by atoms with E-state index in [9.17, 15) is 14.4 Å². The molecule has 0 radical (unpaired) electrons. The highest BCUT2D eigenvalue weighted by Crippen LogP contribution is 2.42. The third kappa shape index (κ3) is 13.4. The molecular weight excluding hydrogens is 392 g/mol. The first-order chi connectivity index (χ1) is 14.4. The van der Waals surface area contributed by atoms with Crippen LogP contribution in [0, 0.1) is 16.7 Å². The highest BCUT2D eigenvalue weighted by atomic mass is 16.4. The van der Waals surface area contributed by atoms with Gasteiger partial charge in [0.15, 0.2) is 0 Å². The Morgan fingerprint density at radius 3 is 1.90 bits per heavy atom. The molecule has 0 saturated heterocycles. The van der Waals surface area contributed by atoms with E-state index in [1.165, 1.54) is 46.0 Å². The molecule has 1 fully saturated rings. The molecule has 0 unspecified atom stereocenters. The summed E-state index contributed by atoms with van der Waals surface area (Å²) in [6, 6.07) is 7.45. The number of aliphatic carboxylic acids is 1. The van der Waals surface area contributed by atoms with E-state index >= 15 is 0 Å². The van der Waals surface area contributed by atoms with Crippen molar-refractivity contribution in [1.82, 2.24) is 0 Å². The SMILES string of the molecule is CC(C)=O.CCC(=O)O.CCC1(C)CCC(CC(=O)Cc2ccc(C(=N)N)cc2)CC1. The molecule has 0 amide bonds. The Balaban J connectivity index is 0.000000846. The Morgan fingerprint density at radius 1 is 1.10 bits per heavy atom. The van der Waals surface area contributed by atoms with Crippen LogP contribution >= 0.6 is 0 Å². The van der Waals surface area contributed by atoms with Gasteiger partial charge in [-0.25, -0.2) is 0 Å². The number of carboxylic acid groups (broad SMARTS) is 1. The van der Waals surface area contributed by atoms with Crippen LogP contribution < -0.4 is 5.73 Å². The highest BCUT2D eigenvalue weighted by Gasteiger charge is 2.30. The summed E-state index contributed by atoms with van der Waals surface area (Å²) < 4.78 is 0. The third-order valence-corrected chi connectivity index (χ3v) is 5.65. The van der Waals surface area contributed by atoms with Gasteiger partial charge in [-0.2, -0.15) is 0 Å². The minimum Gasteiger partial charge on any atom is -0.481 e. The summed E-state index contributed by atoms with van der Waals surface area (Å²) in [7, 11) is 0. The van der Waals surface area contributed by atoms with Crippen LogP contribution in [0.25, 0.3) is 0 Å². The lowest BCUT2D eigenvalue weighted by atomic mass is 9.69. The second kappa shape index (κ2) is 14.5. The highest BCUT2D eigenvalue weighted by molar-refractivity contribution is 5.95. The second-order valence-electron chi connectivity index (χ2n) is 8.79. The first kappa shape index (κ1) is 28.5. The average Bonchev–Trinajstić information content (AvgIpc) is 2.70. The van der Waals surface area contributed by atoms with Gasteiger partial charge in [-0.1, -0.05) is 51.5 Å². The van der Waals surface area contributed by atoms with Crippen LogP contribution in [0.5, 0.6) is 0 Å². The number of carbonyl (C=O) groups excluding carboxylic acids is 2. The molecular formula is C25H40N2O4. The summed E-state index contributed by atoms with van der Waals surface area (Å²) in [5, 5.41) is 15.1. The van der Waals surface area contributed by atoms with Crippen molar-refractivity contribution in [2.75, 3.05) is 0 Å². The molecule has 1 saturated carbocycles. The molecule has 0 aliphatic heterocycles. The number of nitrogens with two attached hydrogens (primary N) is 1. The number of Topliss-reactive ketones (excluding diaryl/α,β-unsaturated/α-hetero) is 2. The van der Waals surface area contributed by atoms with Gasteiger partial charge in [0.2, 0.25) is 0 Å². The molecule has 1 aliphatic rings. The number of rotatable bonds is 7. The Hall–Kier alpha value is -2.50. The third-order valence-electron chi connectivity index (χ3n) is 5.65. The summed E-state index contributed by atoms with van der Waals surface area (Å²) in [6.07, 6.45) is 7.59. The monoisotopic (exact) mass is 432 g/mol. The van der Waals surface area contributed by atoms with E-state index in [0.717, 1.165) is 5.56 Å². The van der Waals surface area contributed by atoms with Gasteiger partial charge in [0, 0.05) is 24.8 Å². The summed E-state index contributed by atoms with van der Waals surface area (Å²) in [5.41, 5.74) is 7.67. The van der Waals surface area contributed by atoms with Crippen LogP contribution in [0.3, 0.4) is 0 Å². The molecule has 0 aromatic heterocycles. The van der Waals surface area contributed by atoms with Gasteiger partial charge >= 0.3 is 5.97 Å². The normalized spacial score (nSPS) is 19.7. The number of carboxylic acids is 1. The number of hydrogen-bond donors (Lipinski definition) is 3. The minimum absolute atomic E-state index is 0.0686. The maximum absolute atomic E-state index is 12.3. The lowest BCUT2D eigenvalue weighted by molar-refractivity contribution is -0.136. The fourth-order valence-electron chi connectivity index (χ4n) is 3.36. The number of hydrogen-bond acceptors (Lipinski definition) is 4. The fraction of sp³-hybridized carbons (Fsp3) is 0.600. The number of benzene rings is 1. The Labute approximate surface area is 187 Å². The molecule has 0 bridgehead atoms. The average molecular weight is 433 g/mol. The van der Waals surface area contributed by atoms with Crippen molar-refractivity contribution in [2.24, 2.45) is 17.1 Å². The zero-order valence-corrected chi connectivity index (χ0v) is 19.8.